The van der Waals surface area contributed by atoms with Crippen molar-refractivity contribution >= 4 is 5.82 Å². The quantitative estimate of drug-likeness (QED) is 0.894. The minimum Gasteiger partial charge on any atom is -0.392 e. The van der Waals surface area contributed by atoms with E-state index in [0.717, 1.165) is 48.7 Å². The fraction of sp³-hybridized carbons (Fsp3) is 0.474. The number of ether oxygens (including phenoxy) is 1. The van der Waals surface area contributed by atoms with E-state index in [9.17, 15) is 9.50 Å². The lowest BCUT2D eigenvalue weighted by Gasteiger charge is -2.34. The van der Waals surface area contributed by atoms with Gasteiger partial charge in [0.2, 0.25) is 0 Å². The SMILES string of the molecule is OCc1ccc(F)c(CN2CCc3ncnc(N4CCOCC4)c3C2)c1. The zero-order chi connectivity index (χ0) is 17.9. The highest BCUT2D eigenvalue weighted by Crippen LogP contribution is 2.27. The van der Waals surface area contributed by atoms with Crippen LogP contribution in [0.5, 0.6) is 0 Å². The maximum atomic E-state index is 14.2. The van der Waals surface area contributed by atoms with Gasteiger partial charge in [0.1, 0.15) is 18.0 Å². The first-order chi connectivity index (χ1) is 12.7. The van der Waals surface area contributed by atoms with Crippen molar-refractivity contribution in [2.24, 2.45) is 0 Å². The first-order valence-electron chi connectivity index (χ1n) is 9.00. The topological polar surface area (TPSA) is 61.7 Å². The molecule has 0 unspecified atom stereocenters. The Hall–Kier alpha value is -2.09. The highest BCUT2D eigenvalue weighted by atomic mass is 19.1. The molecule has 1 saturated heterocycles. The largest absolute Gasteiger partial charge is 0.392 e. The molecule has 138 valence electrons. The Kier molecular flexibility index (Phi) is 5.10. The molecule has 0 spiro atoms. The number of benzene rings is 1. The lowest BCUT2D eigenvalue weighted by Crippen LogP contribution is -2.39. The van der Waals surface area contributed by atoms with Crippen LogP contribution in [0.1, 0.15) is 22.4 Å². The molecule has 2 aliphatic heterocycles. The van der Waals surface area contributed by atoms with Gasteiger partial charge in [0.25, 0.3) is 0 Å². The molecule has 26 heavy (non-hydrogen) atoms. The van der Waals surface area contributed by atoms with E-state index in [0.29, 0.717) is 31.9 Å². The number of aliphatic hydroxyl groups is 1. The molecule has 0 atom stereocenters. The van der Waals surface area contributed by atoms with E-state index in [1.807, 2.05) is 0 Å². The molecule has 0 bridgehead atoms. The van der Waals surface area contributed by atoms with E-state index in [4.69, 9.17) is 4.74 Å². The summed E-state index contributed by atoms with van der Waals surface area (Å²) in [5, 5.41) is 9.30. The Bertz CT molecular complexity index is 780. The fourth-order valence-corrected chi connectivity index (χ4v) is 3.65. The zero-order valence-corrected chi connectivity index (χ0v) is 14.7. The van der Waals surface area contributed by atoms with E-state index < -0.39 is 0 Å². The zero-order valence-electron chi connectivity index (χ0n) is 14.7. The van der Waals surface area contributed by atoms with Gasteiger partial charge in [0, 0.05) is 50.3 Å². The van der Waals surface area contributed by atoms with E-state index in [1.54, 1.807) is 18.5 Å². The van der Waals surface area contributed by atoms with Crippen LogP contribution in [0.3, 0.4) is 0 Å². The Labute approximate surface area is 152 Å². The van der Waals surface area contributed by atoms with Crippen LogP contribution in [0.15, 0.2) is 24.5 Å². The molecule has 0 saturated carbocycles. The Balaban J connectivity index is 1.55. The van der Waals surface area contributed by atoms with E-state index >= 15 is 0 Å². The molecule has 0 amide bonds. The Morgan fingerprint density at radius 3 is 2.81 bits per heavy atom. The third-order valence-electron chi connectivity index (χ3n) is 5.06. The minimum absolute atomic E-state index is 0.0782. The maximum absolute atomic E-state index is 14.2. The van der Waals surface area contributed by atoms with Gasteiger partial charge in [-0.15, -0.1) is 0 Å². The van der Waals surface area contributed by atoms with Crippen molar-refractivity contribution in [3.8, 4) is 0 Å². The predicted molar refractivity (Wildman–Crippen MR) is 95.2 cm³/mol. The van der Waals surface area contributed by atoms with Gasteiger partial charge < -0.3 is 14.7 Å². The van der Waals surface area contributed by atoms with E-state index in [1.165, 1.54) is 6.07 Å². The minimum atomic E-state index is -0.231. The normalized spacial score (nSPS) is 18.0. The third-order valence-corrected chi connectivity index (χ3v) is 5.06. The van der Waals surface area contributed by atoms with Crippen LogP contribution in [0.25, 0.3) is 0 Å². The number of hydrogen-bond acceptors (Lipinski definition) is 6. The average Bonchev–Trinajstić information content (AvgIpc) is 2.70. The van der Waals surface area contributed by atoms with Crippen molar-refractivity contribution in [1.29, 1.82) is 0 Å². The summed E-state index contributed by atoms with van der Waals surface area (Å²) in [4.78, 5) is 13.5. The van der Waals surface area contributed by atoms with Crippen LogP contribution >= 0.6 is 0 Å². The van der Waals surface area contributed by atoms with Crippen molar-refractivity contribution < 1.29 is 14.2 Å². The molecule has 1 aromatic heterocycles. The number of aliphatic hydroxyl groups excluding tert-OH is 1. The summed E-state index contributed by atoms with van der Waals surface area (Å²) >= 11 is 0. The van der Waals surface area contributed by atoms with Gasteiger partial charge in [-0.05, 0) is 17.7 Å². The van der Waals surface area contributed by atoms with Gasteiger partial charge in [-0.1, -0.05) is 6.07 Å². The Morgan fingerprint density at radius 2 is 2.00 bits per heavy atom. The molecule has 0 radical (unpaired) electrons. The number of aromatic nitrogens is 2. The summed E-state index contributed by atoms with van der Waals surface area (Å²) in [6, 6.07) is 4.80. The highest BCUT2D eigenvalue weighted by molar-refractivity contribution is 5.49. The van der Waals surface area contributed by atoms with Gasteiger partial charge in [0.05, 0.1) is 25.5 Å². The van der Waals surface area contributed by atoms with Gasteiger partial charge in [-0.3, -0.25) is 4.90 Å². The molecule has 1 N–H and O–H groups in total. The van der Waals surface area contributed by atoms with Crippen molar-refractivity contribution in [2.75, 3.05) is 37.7 Å². The highest BCUT2D eigenvalue weighted by Gasteiger charge is 2.25. The lowest BCUT2D eigenvalue weighted by molar-refractivity contribution is 0.122. The van der Waals surface area contributed by atoms with Gasteiger partial charge in [-0.25, -0.2) is 14.4 Å². The van der Waals surface area contributed by atoms with Crippen LogP contribution in [-0.4, -0.2) is 52.8 Å². The standard InChI is InChI=1S/C19H23FN4O2/c20-17-2-1-14(12-25)9-15(17)10-23-4-3-18-16(11-23)19(22-13-21-18)24-5-7-26-8-6-24/h1-2,9,13,25H,3-8,10-12H2. The average molecular weight is 358 g/mol. The first kappa shape index (κ1) is 17.3. The summed E-state index contributed by atoms with van der Waals surface area (Å²) in [7, 11) is 0. The summed E-state index contributed by atoms with van der Waals surface area (Å²) in [5.74, 6) is 0.748. The number of anilines is 1. The summed E-state index contributed by atoms with van der Waals surface area (Å²) < 4.78 is 19.6. The fourth-order valence-electron chi connectivity index (χ4n) is 3.65. The molecule has 2 aliphatic rings. The van der Waals surface area contributed by atoms with Gasteiger partial charge in [0.15, 0.2) is 0 Å². The monoisotopic (exact) mass is 358 g/mol. The second-order valence-corrected chi connectivity index (χ2v) is 6.77. The number of hydrogen-bond donors (Lipinski definition) is 1. The smallest absolute Gasteiger partial charge is 0.136 e. The molecule has 7 heteroatoms. The number of morpholine rings is 1. The van der Waals surface area contributed by atoms with Gasteiger partial charge >= 0.3 is 0 Å². The second kappa shape index (κ2) is 7.65. The Morgan fingerprint density at radius 1 is 1.15 bits per heavy atom. The molecule has 1 fully saturated rings. The number of halogens is 1. The lowest BCUT2D eigenvalue weighted by atomic mass is 10.0. The summed E-state index contributed by atoms with van der Waals surface area (Å²) in [6.45, 7) is 5.04. The van der Waals surface area contributed by atoms with Crippen molar-refractivity contribution in [2.45, 2.75) is 26.1 Å². The van der Waals surface area contributed by atoms with Crippen LogP contribution in [0.2, 0.25) is 0 Å². The molecule has 3 heterocycles. The maximum Gasteiger partial charge on any atom is 0.136 e. The van der Waals surface area contributed by atoms with Crippen molar-refractivity contribution in [3.05, 3.63) is 52.7 Å². The number of fused-ring (bicyclic) bond motifs is 1. The van der Waals surface area contributed by atoms with Crippen molar-refractivity contribution in [3.63, 3.8) is 0 Å². The summed E-state index contributed by atoms with van der Waals surface area (Å²) in [5.41, 5.74) is 3.57. The van der Waals surface area contributed by atoms with Crippen LogP contribution in [-0.2, 0) is 30.9 Å². The van der Waals surface area contributed by atoms with Crippen LogP contribution < -0.4 is 4.90 Å². The summed E-state index contributed by atoms with van der Waals surface area (Å²) in [6.07, 6.45) is 2.47. The third kappa shape index (κ3) is 3.56. The number of rotatable bonds is 4. The molecule has 2 aromatic rings. The van der Waals surface area contributed by atoms with Gasteiger partial charge in [-0.2, -0.15) is 0 Å². The second-order valence-electron chi connectivity index (χ2n) is 6.77. The molecule has 1 aromatic carbocycles. The van der Waals surface area contributed by atoms with Crippen LogP contribution in [0, 0.1) is 5.82 Å². The molecule has 4 rings (SSSR count). The molecule has 6 nitrogen and oxygen atoms in total. The van der Waals surface area contributed by atoms with E-state index in [2.05, 4.69) is 19.8 Å². The molecule has 0 aliphatic carbocycles. The molecular weight excluding hydrogens is 335 g/mol. The first-order valence-corrected chi connectivity index (χ1v) is 9.00. The number of nitrogens with zero attached hydrogens (tertiary/aromatic N) is 4. The van der Waals surface area contributed by atoms with Crippen molar-refractivity contribution in [1.82, 2.24) is 14.9 Å². The predicted octanol–water partition coefficient (Wildman–Crippen LogP) is 1.50. The molecular formula is C19H23FN4O2. The van der Waals surface area contributed by atoms with Crippen LogP contribution in [0.4, 0.5) is 10.2 Å². The van der Waals surface area contributed by atoms with E-state index in [-0.39, 0.29) is 12.4 Å².